The molecule has 3 rings (SSSR count). The summed E-state index contributed by atoms with van der Waals surface area (Å²) < 4.78 is 0. The first-order valence-corrected chi connectivity index (χ1v) is 8.11. The predicted octanol–water partition coefficient (Wildman–Crippen LogP) is 2.83. The molecule has 0 bridgehead atoms. The average Bonchev–Trinajstić information content (AvgIpc) is 3.15. The lowest BCUT2D eigenvalue weighted by Gasteiger charge is -2.17. The minimum absolute atomic E-state index is 0.0254. The summed E-state index contributed by atoms with van der Waals surface area (Å²) in [5, 5.41) is 13.5. The number of nitro benzene ring substituents is 1. The van der Waals surface area contributed by atoms with Gasteiger partial charge in [-0.25, -0.2) is 0 Å². The van der Waals surface area contributed by atoms with Crippen molar-refractivity contribution in [1.29, 1.82) is 0 Å². The third-order valence-electron chi connectivity index (χ3n) is 4.12. The van der Waals surface area contributed by atoms with E-state index in [2.05, 4.69) is 34.5 Å². The number of carbonyl (C=O) groups excluding carboxylic acids is 1. The van der Waals surface area contributed by atoms with E-state index in [-0.39, 0.29) is 18.0 Å². The van der Waals surface area contributed by atoms with Crippen molar-refractivity contribution in [3.8, 4) is 0 Å². The Hall–Kier alpha value is -3.15. The number of anilines is 1. The molecule has 0 saturated carbocycles. The molecule has 0 radical (unpaired) electrons. The number of nitro groups is 1. The molecule has 6 nitrogen and oxygen atoms in total. The van der Waals surface area contributed by atoms with E-state index < -0.39 is 4.92 Å². The molecule has 1 N–H and O–H groups in total. The van der Waals surface area contributed by atoms with E-state index >= 15 is 0 Å². The number of hydrogen-bond acceptors (Lipinski definition) is 4. The van der Waals surface area contributed by atoms with Crippen molar-refractivity contribution in [2.45, 2.75) is 13.0 Å². The van der Waals surface area contributed by atoms with Gasteiger partial charge in [0, 0.05) is 37.5 Å². The van der Waals surface area contributed by atoms with Crippen molar-refractivity contribution in [3.63, 3.8) is 0 Å². The molecule has 6 heteroatoms. The van der Waals surface area contributed by atoms with Gasteiger partial charge in [-0.3, -0.25) is 14.9 Å². The van der Waals surface area contributed by atoms with Gasteiger partial charge in [-0.15, -0.1) is 0 Å². The molecule has 0 saturated heterocycles. The Morgan fingerprint density at radius 3 is 2.20 bits per heavy atom. The van der Waals surface area contributed by atoms with Crippen LogP contribution >= 0.6 is 0 Å². The van der Waals surface area contributed by atoms with E-state index in [4.69, 9.17) is 0 Å². The van der Waals surface area contributed by atoms with E-state index in [9.17, 15) is 14.9 Å². The van der Waals surface area contributed by atoms with Gasteiger partial charge in [0.2, 0.25) is 5.91 Å². The fourth-order valence-electron chi connectivity index (χ4n) is 2.70. The van der Waals surface area contributed by atoms with Crippen LogP contribution in [-0.2, 0) is 17.8 Å². The smallest absolute Gasteiger partial charge is 0.269 e. The van der Waals surface area contributed by atoms with Crippen LogP contribution in [0.2, 0.25) is 0 Å². The van der Waals surface area contributed by atoms with Crippen molar-refractivity contribution >= 4 is 17.3 Å². The van der Waals surface area contributed by atoms with Gasteiger partial charge >= 0.3 is 0 Å². The summed E-state index contributed by atoms with van der Waals surface area (Å²) in [6.07, 6.45) is 4.49. The topological polar surface area (TPSA) is 75.5 Å². The number of non-ortho nitro benzene ring substituents is 1. The van der Waals surface area contributed by atoms with E-state index in [0.717, 1.165) is 24.2 Å². The first kappa shape index (κ1) is 16.7. The molecule has 0 aliphatic carbocycles. The lowest BCUT2D eigenvalue weighted by molar-refractivity contribution is -0.384. The summed E-state index contributed by atoms with van der Waals surface area (Å²) >= 11 is 0. The van der Waals surface area contributed by atoms with Crippen LogP contribution in [0.3, 0.4) is 0 Å². The summed E-state index contributed by atoms with van der Waals surface area (Å²) in [6.45, 7) is 2.33. The fraction of sp³-hybridized carbons (Fsp3) is 0.211. The predicted molar refractivity (Wildman–Crippen MR) is 96.4 cm³/mol. The molecule has 0 unspecified atom stereocenters. The number of rotatable bonds is 6. The van der Waals surface area contributed by atoms with Crippen molar-refractivity contribution in [3.05, 3.63) is 81.9 Å². The molecule has 2 aromatic rings. The highest BCUT2D eigenvalue weighted by Crippen LogP contribution is 2.17. The van der Waals surface area contributed by atoms with Crippen LogP contribution in [-0.4, -0.2) is 23.9 Å². The Morgan fingerprint density at radius 2 is 1.60 bits per heavy atom. The Labute approximate surface area is 145 Å². The Morgan fingerprint density at radius 1 is 1.00 bits per heavy atom. The van der Waals surface area contributed by atoms with Gasteiger partial charge in [0.1, 0.15) is 0 Å². The van der Waals surface area contributed by atoms with Gasteiger partial charge in [0.05, 0.1) is 11.3 Å². The van der Waals surface area contributed by atoms with Crippen LogP contribution < -0.4 is 10.2 Å². The second kappa shape index (κ2) is 7.61. The molecular weight excluding hydrogens is 318 g/mol. The van der Waals surface area contributed by atoms with Gasteiger partial charge in [-0.05, 0) is 23.3 Å². The molecule has 0 aromatic heterocycles. The average molecular weight is 337 g/mol. The second-order valence-electron chi connectivity index (χ2n) is 5.92. The molecular formula is C19H19N3O3. The number of nitrogens with one attached hydrogen (secondary N) is 1. The van der Waals surface area contributed by atoms with E-state index in [1.54, 1.807) is 12.1 Å². The lowest BCUT2D eigenvalue weighted by Crippen LogP contribution is -2.24. The molecule has 0 spiro atoms. The zero-order valence-electron chi connectivity index (χ0n) is 13.7. The van der Waals surface area contributed by atoms with Crippen molar-refractivity contribution in [2.24, 2.45) is 0 Å². The number of hydrogen-bond donors (Lipinski definition) is 1. The largest absolute Gasteiger partial charge is 0.364 e. The third kappa shape index (κ3) is 4.44. The van der Waals surface area contributed by atoms with Crippen LogP contribution in [0.1, 0.15) is 11.1 Å². The van der Waals surface area contributed by atoms with Gasteiger partial charge in [0.15, 0.2) is 0 Å². The molecule has 2 aromatic carbocycles. The minimum atomic E-state index is -0.453. The maximum absolute atomic E-state index is 12.0. The Kier molecular flexibility index (Phi) is 5.09. The monoisotopic (exact) mass is 337 g/mol. The molecule has 1 aliphatic rings. The summed E-state index contributed by atoms with van der Waals surface area (Å²) in [4.78, 5) is 24.4. The summed E-state index contributed by atoms with van der Waals surface area (Å²) in [7, 11) is 0. The van der Waals surface area contributed by atoms with E-state index in [0.29, 0.717) is 6.54 Å². The maximum atomic E-state index is 12.0. The normalized spacial score (nSPS) is 13.0. The minimum Gasteiger partial charge on any atom is -0.364 e. The summed E-state index contributed by atoms with van der Waals surface area (Å²) in [5.41, 5.74) is 2.98. The molecule has 1 aliphatic heterocycles. The van der Waals surface area contributed by atoms with Crippen LogP contribution in [0.15, 0.2) is 60.7 Å². The highest BCUT2D eigenvalue weighted by Gasteiger charge is 2.09. The van der Waals surface area contributed by atoms with Crippen molar-refractivity contribution < 1.29 is 9.72 Å². The number of nitrogens with zero attached hydrogens (tertiary/aromatic N) is 2. The molecule has 1 heterocycles. The van der Waals surface area contributed by atoms with Gasteiger partial charge in [-0.2, -0.15) is 0 Å². The third-order valence-corrected chi connectivity index (χ3v) is 4.12. The number of carbonyl (C=O) groups is 1. The van der Waals surface area contributed by atoms with Gasteiger partial charge < -0.3 is 10.2 Å². The van der Waals surface area contributed by atoms with Crippen molar-refractivity contribution in [2.75, 3.05) is 18.0 Å². The highest BCUT2D eigenvalue weighted by atomic mass is 16.6. The van der Waals surface area contributed by atoms with Gasteiger partial charge in [-0.1, -0.05) is 36.4 Å². The van der Waals surface area contributed by atoms with Crippen LogP contribution in [0.5, 0.6) is 0 Å². The summed E-state index contributed by atoms with van der Waals surface area (Å²) in [5.74, 6) is -0.110. The standard InChI is InChI=1S/C19H19N3O3/c23-19(13-15-3-9-18(10-4-15)22(24)25)20-14-16-5-7-17(8-6-16)21-11-1-2-12-21/h1-10H,11-14H2,(H,20,23). The van der Waals surface area contributed by atoms with Gasteiger partial charge in [0.25, 0.3) is 5.69 Å². The zero-order valence-corrected chi connectivity index (χ0v) is 13.7. The SMILES string of the molecule is O=C(Cc1ccc([N+](=O)[O-])cc1)NCc1ccc(N2CC=CC2)cc1. The number of benzene rings is 2. The molecule has 0 atom stereocenters. The fourth-order valence-corrected chi connectivity index (χ4v) is 2.70. The Bertz CT molecular complexity index is 775. The Balaban J connectivity index is 1.49. The maximum Gasteiger partial charge on any atom is 0.269 e. The summed E-state index contributed by atoms with van der Waals surface area (Å²) in [6, 6.07) is 14.2. The van der Waals surface area contributed by atoms with Crippen LogP contribution in [0.25, 0.3) is 0 Å². The lowest BCUT2D eigenvalue weighted by atomic mass is 10.1. The quantitative estimate of drug-likeness (QED) is 0.500. The number of amides is 1. The highest BCUT2D eigenvalue weighted by molar-refractivity contribution is 5.78. The first-order valence-electron chi connectivity index (χ1n) is 8.11. The zero-order chi connectivity index (χ0) is 17.6. The molecule has 0 fully saturated rings. The second-order valence-corrected chi connectivity index (χ2v) is 5.92. The van der Waals surface area contributed by atoms with E-state index in [1.165, 1.54) is 17.8 Å². The molecule has 128 valence electrons. The van der Waals surface area contributed by atoms with Crippen LogP contribution in [0.4, 0.5) is 11.4 Å². The van der Waals surface area contributed by atoms with Crippen molar-refractivity contribution in [1.82, 2.24) is 5.32 Å². The molecule has 1 amide bonds. The first-order chi connectivity index (χ1) is 12.1. The van der Waals surface area contributed by atoms with Crippen LogP contribution in [0, 0.1) is 10.1 Å². The van der Waals surface area contributed by atoms with E-state index in [1.807, 2.05) is 12.1 Å². The molecule has 25 heavy (non-hydrogen) atoms.